The van der Waals surface area contributed by atoms with E-state index < -0.39 is 33.8 Å². The van der Waals surface area contributed by atoms with Gasteiger partial charge in [-0.15, -0.1) is 0 Å². The van der Waals surface area contributed by atoms with E-state index in [4.69, 9.17) is 4.74 Å². The van der Waals surface area contributed by atoms with E-state index >= 15 is 0 Å². The molecule has 3 rings (SSSR count). The maximum Gasteiger partial charge on any atom is 0.416 e. The number of aryl methyl sites for hydroxylation is 2. The van der Waals surface area contributed by atoms with Crippen LogP contribution in [0.4, 0.5) is 24.5 Å². The second kappa shape index (κ2) is 10.4. The van der Waals surface area contributed by atoms with Crippen molar-refractivity contribution in [2.24, 2.45) is 0 Å². The first-order chi connectivity index (χ1) is 16.4. The standard InChI is InChI=1S/C25H25F3N2O4S/c1-4-23(34-21-11-8-16(2)17(3)14-21)24(31)29-19-9-12-22(13-10-19)35(32,33)30-20-7-5-6-18(15-20)25(26,27)28/h5-15,23,30H,4H2,1-3H3,(H,29,31)/t23-/m0/s1. The van der Waals surface area contributed by atoms with Crippen molar-refractivity contribution in [1.29, 1.82) is 0 Å². The van der Waals surface area contributed by atoms with Crippen LogP contribution in [0.2, 0.25) is 0 Å². The van der Waals surface area contributed by atoms with Crippen LogP contribution in [-0.4, -0.2) is 20.4 Å². The van der Waals surface area contributed by atoms with Crippen molar-refractivity contribution >= 4 is 27.3 Å². The number of nitrogens with one attached hydrogen (secondary N) is 2. The highest BCUT2D eigenvalue weighted by Crippen LogP contribution is 2.31. The minimum atomic E-state index is -4.60. The predicted molar refractivity (Wildman–Crippen MR) is 128 cm³/mol. The Morgan fingerprint density at radius 3 is 2.23 bits per heavy atom. The molecule has 0 aliphatic heterocycles. The van der Waals surface area contributed by atoms with Gasteiger partial charge in [-0.2, -0.15) is 13.2 Å². The van der Waals surface area contributed by atoms with Crippen LogP contribution >= 0.6 is 0 Å². The fourth-order valence-corrected chi connectivity index (χ4v) is 4.24. The van der Waals surface area contributed by atoms with Gasteiger partial charge in [0.25, 0.3) is 15.9 Å². The number of amides is 1. The molecule has 0 fully saturated rings. The number of ether oxygens (including phenoxy) is 1. The van der Waals surface area contributed by atoms with Gasteiger partial charge in [0.05, 0.1) is 10.5 Å². The highest BCUT2D eigenvalue weighted by molar-refractivity contribution is 7.92. The van der Waals surface area contributed by atoms with Crippen LogP contribution in [0.15, 0.2) is 71.6 Å². The highest BCUT2D eigenvalue weighted by Gasteiger charge is 2.30. The molecule has 3 aromatic rings. The average molecular weight is 507 g/mol. The van der Waals surface area contributed by atoms with Crippen molar-refractivity contribution in [3.63, 3.8) is 0 Å². The number of sulfonamides is 1. The molecule has 0 radical (unpaired) electrons. The second-order valence-corrected chi connectivity index (χ2v) is 9.64. The molecule has 0 unspecified atom stereocenters. The maximum atomic E-state index is 12.9. The summed E-state index contributed by atoms with van der Waals surface area (Å²) < 4.78 is 71.8. The van der Waals surface area contributed by atoms with E-state index in [9.17, 15) is 26.4 Å². The van der Waals surface area contributed by atoms with E-state index in [1.165, 1.54) is 30.3 Å². The van der Waals surface area contributed by atoms with Crippen LogP contribution in [0.1, 0.15) is 30.0 Å². The molecule has 0 saturated heterocycles. The number of halogens is 3. The lowest BCUT2D eigenvalue weighted by molar-refractivity contribution is -0.137. The number of carbonyl (C=O) groups is 1. The zero-order valence-corrected chi connectivity index (χ0v) is 20.1. The third kappa shape index (κ3) is 6.75. The molecular formula is C25H25F3N2O4S. The molecule has 0 aliphatic rings. The molecule has 0 saturated carbocycles. The first-order valence-corrected chi connectivity index (χ1v) is 12.2. The Hall–Kier alpha value is -3.53. The van der Waals surface area contributed by atoms with Gasteiger partial charge in [-0.05, 0) is 86.0 Å². The van der Waals surface area contributed by atoms with Crippen molar-refractivity contribution < 1.29 is 31.1 Å². The molecule has 2 N–H and O–H groups in total. The smallest absolute Gasteiger partial charge is 0.416 e. The van der Waals surface area contributed by atoms with E-state index in [2.05, 4.69) is 10.0 Å². The lowest BCUT2D eigenvalue weighted by Gasteiger charge is -2.18. The van der Waals surface area contributed by atoms with Gasteiger partial charge in [0.1, 0.15) is 5.75 Å². The van der Waals surface area contributed by atoms with Crippen LogP contribution in [0.25, 0.3) is 0 Å². The van der Waals surface area contributed by atoms with Crippen molar-refractivity contribution in [2.75, 3.05) is 10.0 Å². The molecule has 10 heteroatoms. The highest BCUT2D eigenvalue weighted by atomic mass is 32.2. The van der Waals surface area contributed by atoms with Gasteiger partial charge < -0.3 is 10.1 Å². The molecule has 0 aliphatic carbocycles. The molecule has 35 heavy (non-hydrogen) atoms. The van der Waals surface area contributed by atoms with Crippen LogP contribution in [-0.2, 0) is 21.0 Å². The van der Waals surface area contributed by atoms with E-state index in [-0.39, 0.29) is 10.6 Å². The summed E-state index contributed by atoms with van der Waals surface area (Å²) in [6.07, 6.45) is -4.95. The monoisotopic (exact) mass is 506 g/mol. The van der Waals surface area contributed by atoms with Crippen molar-refractivity contribution in [2.45, 2.75) is 44.4 Å². The van der Waals surface area contributed by atoms with Crippen molar-refractivity contribution in [1.82, 2.24) is 0 Å². The van der Waals surface area contributed by atoms with E-state index in [0.717, 1.165) is 23.3 Å². The Balaban J connectivity index is 1.68. The van der Waals surface area contributed by atoms with Gasteiger partial charge in [-0.25, -0.2) is 8.42 Å². The van der Waals surface area contributed by atoms with Gasteiger partial charge in [0.15, 0.2) is 6.10 Å². The number of benzene rings is 3. The Kier molecular flexibility index (Phi) is 7.74. The van der Waals surface area contributed by atoms with Crippen LogP contribution in [0.3, 0.4) is 0 Å². The van der Waals surface area contributed by atoms with Crippen LogP contribution in [0.5, 0.6) is 5.75 Å². The number of alkyl halides is 3. The number of carbonyl (C=O) groups excluding carboxylic acids is 1. The topological polar surface area (TPSA) is 84.5 Å². The predicted octanol–water partition coefficient (Wildman–Crippen LogP) is 5.92. The summed E-state index contributed by atoms with van der Waals surface area (Å²) in [6, 6.07) is 14.7. The van der Waals surface area contributed by atoms with Crippen LogP contribution in [0, 0.1) is 13.8 Å². The number of rotatable bonds is 8. The fraction of sp³-hybridized carbons (Fsp3) is 0.240. The summed E-state index contributed by atoms with van der Waals surface area (Å²) >= 11 is 0. The summed E-state index contributed by atoms with van der Waals surface area (Å²) in [5.74, 6) is 0.167. The van der Waals surface area contributed by atoms with Gasteiger partial charge >= 0.3 is 6.18 Å². The third-order valence-electron chi connectivity index (χ3n) is 5.29. The number of hydrogen-bond acceptors (Lipinski definition) is 4. The second-order valence-electron chi connectivity index (χ2n) is 7.96. The molecule has 3 aromatic carbocycles. The molecule has 0 aromatic heterocycles. The normalized spacial score (nSPS) is 12.6. The lowest BCUT2D eigenvalue weighted by atomic mass is 10.1. The molecule has 0 bridgehead atoms. The molecule has 0 heterocycles. The fourth-order valence-electron chi connectivity index (χ4n) is 3.19. The maximum absolute atomic E-state index is 12.9. The molecule has 0 spiro atoms. The number of hydrogen-bond donors (Lipinski definition) is 2. The van der Waals surface area contributed by atoms with E-state index in [1.807, 2.05) is 26.0 Å². The molecule has 1 atom stereocenters. The van der Waals surface area contributed by atoms with E-state index in [1.54, 1.807) is 13.0 Å². The molecular weight excluding hydrogens is 481 g/mol. The van der Waals surface area contributed by atoms with Crippen LogP contribution < -0.4 is 14.8 Å². The Morgan fingerprint density at radius 1 is 0.943 bits per heavy atom. The zero-order valence-electron chi connectivity index (χ0n) is 19.3. The van der Waals surface area contributed by atoms with Gasteiger partial charge in [-0.1, -0.05) is 19.1 Å². The van der Waals surface area contributed by atoms with Gasteiger partial charge in [0.2, 0.25) is 0 Å². The largest absolute Gasteiger partial charge is 0.481 e. The summed E-state index contributed by atoms with van der Waals surface area (Å²) in [5.41, 5.74) is 1.30. The summed E-state index contributed by atoms with van der Waals surface area (Å²) in [6.45, 7) is 5.73. The Bertz CT molecular complexity index is 1310. The average Bonchev–Trinajstić information content (AvgIpc) is 2.79. The summed E-state index contributed by atoms with van der Waals surface area (Å²) in [4.78, 5) is 12.5. The van der Waals surface area contributed by atoms with E-state index in [0.29, 0.717) is 23.9 Å². The SMILES string of the molecule is CC[C@H](Oc1ccc(C)c(C)c1)C(=O)Nc1ccc(S(=O)(=O)Nc2cccc(C(F)(F)F)c2)cc1. The van der Waals surface area contributed by atoms with Crippen molar-refractivity contribution in [3.8, 4) is 5.75 Å². The molecule has 6 nitrogen and oxygen atoms in total. The van der Waals surface area contributed by atoms with Gasteiger partial charge in [0, 0.05) is 11.4 Å². The minimum Gasteiger partial charge on any atom is -0.481 e. The zero-order chi connectivity index (χ0) is 25.8. The Morgan fingerprint density at radius 2 is 1.63 bits per heavy atom. The first kappa shape index (κ1) is 26.1. The number of anilines is 2. The van der Waals surface area contributed by atoms with Crippen molar-refractivity contribution in [3.05, 3.63) is 83.4 Å². The molecule has 186 valence electrons. The molecule has 1 amide bonds. The quantitative estimate of drug-likeness (QED) is 0.397. The first-order valence-electron chi connectivity index (χ1n) is 10.7. The summed E-state index contributed by atoms with van der Waals surface area (Å²) in [7, 11) is -4.14. The minimum absolute atomic E-state index is 0.175. The summed E-state index contributed by atoms with van der Waals surface area (Å²) in [5, 5.41) is 2.69. The van der Waals surface area contributed by atoms with Gasteiger partial charge in [-0.3, -0.25) is 9.52 Å². The Labute approximate surface area is 202 Å². The third-order valence-corrected chi connectivity index (χ3v) is 6.69. The lowest BCUT2D eigenvalue weighted by Crippen LogP contribution is -2.32.